The van der Waals surface area contributed by atoms with Gasteiger partial charge in [-0.05, 0) is 19.9 Å². The maximum Gasteiger partial charge on any atom is 0.183 e. The Balaban J connectivity index is 3.17. The fourth-order valence-electron chi connectivity index (χ4n) is 0.835. The maximum absolute atomic E-state index is 7.41. The largest absolute Gasteiger partial charge is 0.305 e. The average Bonchev–Trinajstić information content (AvgIpc) is 2.05. The second kappa shape index (κ2) is 3.71. The molecule has 1 heterocycles. The van der Waals surface area contributed by atoms with Crippen molar-refractivity contribution in [3.05, 3.63) is 17.8 Å². The van der Waals surface area contributed by atoms with E-state index in [1.54, 1.807) is 32.3 Å². The summed E-state index contributed by atoms with van der Waals surface area (Å²) < 4.78 is 0. The van der Waals surface area contributed by atoms with Crippen molar-refractivity contribution < 1.29 is 0 Å². The Morgan fingerprint density at radius 1 is 1.67 bits per heavy atom. The third-order valence-corrected chi connectivity index (χ3v) is 1.36. The monoisotopic (exact) mass is 162 g/mol. The molecule has 1 N–H and O–H groups in total. The Morgan fingerprint density at radius 3 is 3.00 bits per heavy atom. The lowest BCUT2D eigenvalue weighted by atomic mass is 10.2. The summed E-state index contributed by atoms with van der Waals surface area (Å²) in [5.74, 6) is 0.507. The van der Waals surface area contributed by atoms with Crippen LogP contribution >= 0.6 is 0 Å². The van der Waals surface area contributed by atoms with Crippen LogP contribution in [0.3, 0.4) is 0 Å². The van der Waals surface area contributed by atoms with Gasteiger partial charge in [0, 0.05) is 17.5 Å². The summed E-state index contributed by atoms with van der Waals surface area (Å²) in [6.07, 6.45) is 3.19. The van der Waals surface area contributed by atoms with Crippen molar-refractivity contribution in [1.82, 2.24) is 10.2 Å². The molecule has 0 aliphatic heterocycles. The van der Waals surface area contributed by atoms with Gasteiger partial charge in [-0.15, -0.1) is 5.10 Å². The third-order valence-electron chi connectivity index (χ3n) is 1.36. The molecule has 62 valence electrons. The molecule has 4 nitrogen and oxygen atoms in total. The van der Waals surface area contributed by atoms with Crippen LogP contribution in [0, 0.1) is 5.41 Å². The van der Waals surface area contributed by atoms with Gasteiger partial charge >= 0.3 is 0 Å². The average molecular weight is 162 g/mol. The number of nitrogens with zero attached hydrogens (tertiary/aromatic N) is 3. The van der Waals surface area contributed by atoms with Crippen molar-refractivity contribution in [1.29, 1.82) is 5.41 Å². The van der Waals surface area contributed by atoms with E-state index >= 15 is 0 Å². The maximum atomic E-state index is 7.41. The Hall–Kier alpha value is -1.58. The first kappa shape index (κ1) is 8.52. The molecule has 0 unspecified atom stereocenters. The molecule has 1 rings (SSSR count). The van der Waals surface area contributed by atoms with Gasteiger partial charge in [0.25, 0.3) is 0 Å². The van der Waals surface area contributed by atoms with Gasteiger partial charge in [-0.3, -0.25) is 0 Å². The van der Waals surface area contributed by atoms with Gasteiger partial charge in [0.2, 0.25) is 0 Å². The van der Waals surface area contributed by atoms with Crippen molar-refractivity contribution >= 4 is 17.7 Å². The highest BCUT2D eigenvalue weighted by molar-refractivity contribution is 6.00. The van der Waals surface area contributed by atoms with Gasteiger partial charge in [-0.2, -0.15) is 5.10 Å². The first-order valence-corrected chi connectivity index (χ1v) is 3.61. The van der Waals surface area contributed by atoms with Crippen molar-refractivity contribution in [2.24, 2.45) is 4.99 Å². The number of rotatable bonds is 2. The van der Waals surface area contributed by atoms with E-state index in [2.05, 4.69) is 15.2 Å². The van der Waals surface area contributed by atoms with Gasteiger partial charge in [0.05, 0.1) is 6.20 Å². The highest BCUT2D eigenvalue weighted by Gasteiger charge is 2.02. The predicted octanol–water partition coefficient (Wildman–Crippen LogP) is 1.59. The van der Waals surface area contributed by atoms with Crippen LogP contribution in [0.2, 0.25) is 0 Å². The topological polar surface area (TPSA) is 62.0 Å². The van der Waals surface area contributed by atoms with Crippen LogP contribution in [-0.2, 0) is 0 Å². The number of hydrogen-bond acceptors (Lipinski definition) is 4. The molecule has 0 bridgehead atoms. The Morgan fingerprint density at radius 2 is 2.42 bits per heavy atom. The van der Waals surface area contributed by atoms with E-state index in [1.165, 1.54) is 0 Å². The van der Waals surface area contributed by atoms with E-state index in [4.69, 9.17) is 5.41 Å². The number of hydrogen-bond donors (Lipinski definition) is 1. The molecule has 0 atom stereocenters. The van der Waals surface area contributed by atoms with Gasteiger partial charge in [-0.1, -0.05) is 0 Å². The summed E-state index contributed by atoms with van der Waals surface area (Å²) >= 11 is 0. The van der Waals surface area contributed by atoms with E-state index in [0.29, 0.717) is 11.5 Å². The lowest BCUT2D eigenvalue weighted by molar-refractivity contribution is 1.02. The van der Waals surface area contributed by atoms with E-state index in [1.807, 2.05) is 0 Å². The zero-order chi connectivity index (χ0) is 8.97. The minimum Gasteiger partial charge on any atom is -0.305 e. The van der Waals surface area contributed by atoms with Crippen molar-refractivity contribution in [3.8, 4) is 0 Å². The summed E-state index contributed by atoms with van der Waals surface area (Å²) in [4.78, 5) is 3.99. The molecule has 1 aromatic rings. The fraction of sp³-hybridized carbons (Fsp3) is 0.250. The molecule has 0 aromatic carbocycles. The Labute approximate surface area is 70.9 Å². The van der Waals surface area contributed by atoms with E-state index in [0.717, 1.165) is 5.56 Å². The lowest BCUT2D eigenvalue weighted by Crippen LogP contribution is -1.95. The molecule has 0 radical (unpaired) electrons. The molecule has 0 saturated heterocycles. The van der Waals surface area contributed by atoms with Crippen molar-refractivity contribution in [2.75, 3.05) is 0 Å². The minimum absolute atomic E-state index is 0.450. The molecule has 0 aliphatic rings. The Kier molecular flexibility index (Phi) is 2.63. The predicted molar refractivity (Wildman–Crippen MR) is 48.4 cm³/mol. The lowest BCUT2D eigenvalue weighted by Gasteiger charge is -1.98. The van der Waals surface area contributed by atoms with Gasteiger partial charge in [0.1, 0.15) is 0 Å². The molecular weight excluding hydrogens is 152 g/mol. The first-order valence-electron chi connectivity index (χ1n) is 3.61. The standard InChI is InChI=1S/C8H10N4/c1-3-10-8-7(6(2)9)4-5-11-12-8/h3-5,9H,1-2H3. The smallest absolute Gasteiger partial charge is 0.183 e. The third kappa shape index (κ3) is 1.72. The minimum atomic E-state index is 0.450. The molecule has 0 fully saturated rings. The number of aromatic nitrogens is 2. The molecule has 0 aliphatic carbocycles. The van der Waals surface area contributed by atoms with Crippen LogP contribution in [-0.4, -0.2) is 22.1 Å². The van der Waals surface area contributed by atoms with Crippen LogP contribution in [0.1, 0.15) is 19.4 Å². The number of nitrogens with one attached hydrogen (secondary N) is 1. The normalized spacial score (nSPS) is 10.5. The summed E-state index contributed by atoms with van der Waals surface area (Å²) in [6.45, 7) is 3.50. The molecule has 0 amide bonds. The van der Waals surface area contributed by atoms with Crippen LogP contribution in [0.5, 0.6) is 0 Å². The van der Waals surface area contributed by atoms with Gasteiger partial charge in [-0.25, -0.2) is 4.99 Å². The summed E-state index contributed by atoms with van der Waals surface area (Å²) in [6, 6.07) is 1.73. The van der Waals surface area contributed by atoms with Crippen LogP contribution in [0.4, 0.5) is 5.82 Å². The molecule has 0 saturated carbocycles. The van der Waals surface area contributed by atoms with E-state index in [9.17, 15) is 0 Å². The summed E-state index contributed by atoms with van der Waals surface area (Å²) in [7, 11) is 0. The van der Waals surface area contributed by atoms with Crippen LogP contribution in [0.15, 0.2) is 17.3 Å². The van der Waals surface area contributed by atoms with E-state index < -0.39 is 0 Å². The fourth-order valence-corrected chi connectivity index (χ4v) is 0.835. The second-order valence-electron chi connectivity index (χ2n) is 2.28. The molecule has 12 heavy (non-hydrogen) atoms. The molecule has 1 aromatic heterocycles. The Bertz CT molecular complexity index is 317. The van der Waals surface area contributed by atoms with Crippen LogP contribution < -0.4 is 0 Å². The summed E-state index contributed by atoms with van der Waals surface area (Å²) in [5.41, 5.74) is 1.17. The molecule has 4 heteroatoms. The summed E-state index contributed by atoms with van der Waals surface area (Å²) in [5, 5.41) is 14.9. The van der Waals surface area contributed by atoms with Gasteiger partial charge in [0.15, 0.2) is 5.82 Å². The zero-order valence-electron chi connectivity index (χ0n) is 7.07. The SMILES string of the molecule is CC=Nc1nnccc1C(C)=N. The van der Waals surface area contributed by atoms with E-state index in [-0.39, 0.29) is 0 Å². The first-order chi connectivity index (χ1) is 5.75. The highest BCUT2D eigenvalue weighted by Crippen LogP contribution is 2.13. The number of aliphatic imine (C=N–C) groups is 1. The molecule has 0 spiro atoms. The molecular formula is C8H10N4. The van der Waals surface area contributed by atoms with Crippen molar-refractivity contribution in [3.63, 3.8) is 0 Å². The van der Waals surface area contributed by atoms with Gasteiger partial charge < -0.3 is 5.41 Å². The van der Waals surface area contributed by atoms with Crippen LogP contribution in [0.25, 0.3) is 0 Å². The highest BCUT2D eigenvalue weighted by atomic mass is 15.1. The second-order valence-corrected chi connectivity index (χ2v) is 2.28. The zero-order valence-corrected chi connectivity index (χ0v) is 7.07. The van der Waals surface area contributed by atoms with Crippen molar-refractivity contribution in [2.45, 2.75) is 13.8 Å². The quantitative estimate of drug-likeness (QED) is 0.671.